The average Bonchev–Trinajstić information content (AvgIpc) is 4.47. The van der Waals surface area contributed by atoms with E-state index in [9.17, 15) is 0 Å². The second-order valence-corrected chi connectivity index (χ2v) is 20.2. The van der Waals surface area contributed by atoms with E-state index < -0.39 is 0 Å². The molecule has 0 spiro atoms. The third kappa shape index (κ3) is 6.34. The van der Waals surface area contributed by atoms with Gasteiger partial charge in [0.1, 0.15) is 22.3 Å². The zero-order valence-electron chi connectivity index (χ0n) is 41.6. The fraction of sp³-hybridized carbons (Fsp3) is 0.0571. The summed E-state index contributed by atoms with van der Waals surface area (Å²) >= 11 is 0. The van der Waals surface area contributed by atoms with E-state index >= 15 is 0 Å². The van der Waals surface area contributed by atoms with Crippen LogP contribution in [0, 0.1) is 5.92 Å². The van der Waals surface area contributed by atoms with Gasteiger partial charge in [-0.15, -0.1) is 0 Å². The number of nitrogens with zero attached hydrogens (tertiary/aromatic N) is 3. The molecule has 16 rings (SSSR count). The number of hydrogen-bond donors (Lipinski definition) is 0. The predicted octanol–water partition coefficient (Wildman–Crippen LogP) is 18.3. The van der Waals surface area contributed by atoms with Crippen LogP contribution >= 0.6 is 0 Å². The van der Waals surface area contributed by atoms with Crippen molar-refractivity contribution in [3.8, 4) is 0 Å². The van der Waals surface area contributed by atoms with Crippen molar-refractivity contribution in [1.82, 2.24) is 4.40 Å². The molecule has 0 fully saturated rings. The number of hydrogen-bond acceptors (Lipinski definition) is 5. The third-order valence-corrected chi connectivity index (χ3v) is 15.8. The summed E-state index contributed by atoms with van der Waals surface area (Å²) in [6, 6.07) is 73.4. The smallest absolute Gasteiger partial charge is 0.159 e. The molecular formula is C70H47N3O3. The van der Waals surface area contributed by atoms with E-state index in [-0.39, 0.29) is 5.92 Å². The van der Waals surface area contributed by atoms with E-state index in [2.05, 4.69) is 246 Å². The molecule has 0 saturated heterocycles. The highest BCUT2D eigenvalue weighted by Crippen LogP contribution is 2.46. The molecule has 0 saturated carbocycles. The highest BCUT2D eigenvalue weighted by Gasteiger charge is 2.26. The van der Waals surface area contributed by atoms with Gasteiger partial charge in [-0.1, -0.05) is 153 Å². The summed E-state index contributed by atoms with van der Waals surface area (Å²) < 4.78 is 22.8. The normalized spacial score (nSPS) is 14.7. The number of benzene rings is 10. The minimum atomic E-state index is 0.0576. The molecule has 0 bridgehead atoms. The molecule has 0 radical (unpaired) electrons. The Balaban J connectivity index is 0.942. The number of rotatable bonds is 8. The van der Waals surface area contributed by atoms with Crippen molar-refractivity contribution in [2.24, 2.45) is 5.92 Å². The Hall–Kier alpha value is -9.78. The Bertz CT molecular complexity index is 5030. The van der Waals surface area contributed by atoms with Crippen molar-refractivity contribution >= 4 is 144 Å². The van der Waals surface area contributed by atoms with E-state index in [4.69, 9.17) is 13.3 Å². The standard InChI is InChI=1S/C70H47N3O3/c1-2-18-54-60(38-43-19-15-24-48(37-43)71(46-20-5-3-6-21-46)58-30-16-28-52-50-25-9-12-32-62(50)75-69(52)58)73-61-41-45-39-49(72(47-22-7-4-8-23-47)59-31-17-29-53-51-26-10-13-33-63(51)76-70(53)59)36-35-44(45)40-56(61)57-42-65-66(67(54)68(57)73)55-27-11-14-34-64(55)74-65/h3-18,20-43H,2,19H2,1H3/b54-18+,60-38+. The lowest BCUT2D eigenvalue weighted by molar-refractivity contribution is 0.668. The van der Waals surface area contributed by atoms with Gasteiger partial charge in [-0.3, -0.25) is 0 Å². The summed E-state index contributed by atoms with van der Waals surface area (Å²) in [7, 11) is 0. The van der Waals surface area contributed by atoms with Crippen LogP contribution in [0.1, 0.15) is 19.8 Å². The average molecular weight is 978 g/mol. The minimum absolute atomic E-state index is 0.0576. The lowest BCUT2D eigenvalue weighted by Gasteiger charge is -2.28. The topological polar surface area (TPSA) is 50.3 Å². The Labute approximate surface area is 436 Å². The fourth-order valence-corrected chi connectivity index (χ4v) is 12.6. The molecule has 6 nitrogen and oxygen atoms in total. The largest absolute Gasteiger partial charge is 0.456 e. The highest BCUT2D eigenvalue weighted by atomic mass is 16.3. The second-order valence-electron chi connectivity index (χ2n) is 20.2. The van der Waals surface area contributed by atoms with Gasteiger partial charge in [0, 0.05) is 82.4 Å². The molecule has 0 aliphatic heterocycles. The molecule has 0 N–H and O–H groups in total. The zero-order chi connectivity index (χ0) is 50.0. The van der Waals surface area contributed by atoms with E-state index in [1.54, 1.807) is 0 Å². The van der Waals surface area contributed by atoms with Gasteiger partial charge < -0.3 is 27.5 Å². The first kappa shape index (κ1) is 42.7. The van der Waals surface area contributed by atoms with E-state index in [1.165, 1.54) is 32.2 Å². The van der Waals surface area contributed by atoms with Gasteiger partial charge in [0.15, 0.2) is 11.2 Å². The quantitative estimate of drug-likeness (QED) is 0.152. The van der Waals surface area contributed by atoms with Crippen LogP contribution in [0.5, 0.6) is 0 Å². The Morgan fingerprint density at radius 1 is 0.487 bits per heavy atom. The molecule has 1 aliphatic rings. The maximum absolute atomic E-state index is 6.79. The predicted molar refractivity (Wildman–Crippen MR) is 316 cm³/mol. The maximum Gasteiger partial charge on any atom is 0.159 e. The van der Waals surface area contributed by atoms with Gasteiger partial charge in [-0.25, -0.2) is 0 Å². The first-order chi connectivity index (χ1) is 37.6. The minimum Gasteiger partial charge on any atom is -0.456 e. The Morgan fingerprint density at radius 2 is 1.09 bits per heavy atom. The number of allylic oxidation sites excluding steroid dienone is 3. The third-order valence-electron chi connectivity index (χ3n) is 15.8. The van der Waals surface area contributed by atoms with Crippen molar-refractivity contribution in [1.29, 1.82) is 0 Å². The lowest BCUT2D eigenvalue weighted by Crippen LogP contribution is -2.27. The van der Waals surface area contributed by atoms with Gasteiger partial charge >= 0.3 is 0 Å². The summed E-state index contributed by atoms with van der Waals surface area (Å²) in [5.41, 5.74) is 13.9. The molecule has 5 heterocycles. The molecule has 0 amide bonds. The van der Waals surface area contributed by atoms with Crippen LogP contribution in [0.15, 0.2) is 243 Å². The van der Waals surface area contributed by atoms with Crippen LogP contribution in [0.25, 0.3) is 116 Å². The number of fused-ring (bicyclic) bond motifs is 14. The second kappa shape index (κ2) is 16.6. The van der Waals surface area contributed by atoms with E-state index in [0.29, 0.717) is 0 Å². The molecule has 1 atom stereocenters. The number of furan rings is 3. The SMILES string of the molecule is CC/C=c1\c(=C/C2C=C(N(c3ccccc3)c3cccc4c3oc3ccccc34)C=CC2)n2c3cc4cc(N(c5ccccc5)c5cccc6c5oc5ccccc56)ccc4cc3c3cc4oc5ccccc5c4c1c32. The molecule has 15 aromatic rings. The Kier molecular flexibility index (Phi) is 9.34. The van der Waals surface area contributed by atoms with Gasteiger partial charge in [0.25, 0.3) is 0 Å². The highest BCUT2D eigenvalue weighted by molar-refractivity contribution is 6.28. The van der Waals surface area contributed by atoms with Crippen molar-refractivity contribution in [2.75, 3.05) is 9.80 Å². The van der Waals surface area contributed by atoms with Crippen LogP contribution in [-0.4, -0.2) is 4.40 Å². The van der Waals surface area contributed by atoms with Crippen molar-refractivity contribution in [3.63, 3.8) is 0 Å². The monoisotopic (exact) mass is 977 g/mol. The van der Waals surface area contributed by atoms with Crippen LogP contribution in [0.3, 0.4) is 0 Å². The van der Waals surface area contributed by atoms with Crippen molar-refractivity contribution in [2.45, 2.75) is 19.8 Å². The fourth-order valence-electron chi connectivity index (χ4n) is 12.6. The Morgan fingerprint density at radius 3 is 1.78 bits per heavy atom. The number of aromatic nitrogens is 1. The first-order valence-electron chi connectivity index (χ1n) is 26.3. The molecule has 76 heavy (non-hydrogen) atoms. The molecule has 1 aliphatic carbocycles. The van der Waals surface area contributed by atoms with Crippen LogP contribution in [0.4, 0.5) is 28.4 Å². The first-order valence-corrected chi connectivity index (χ1v) is 26.3. The molecular weight excluding hydrogens is 931 g/mol. The van der Waals surface area contributed by atoms with E-state index in [0.717, 1.165) is 129 Å². The van der Waals surface area contributed by atoms with Gasteiger partial charge in [-0.05, 0) is 115 Å². The van der Waals surface area contributed by atoms with Crippen molar-refractivity contribution < 1.29 is 13.3 Å². The molecule has 1 unspecified atom stereocenters. The van der Waals surface area contributed by atoms with Gasteiger partial charge in [0.05, 0.1) is 27.8 Å². The summed E-state index contributed by atoms with van der Waals surface area (Å²) in [5, 5.41) is 15.1. The number of anilines is 5. The van der Waals surface area contributed by atoms with Crippen LogP contribution in [0.2, 0.25) is 0 Å². The summed E-state index contributed by atoms with van der Waals surface area (Å²) in [6.45, 7) is 2.25. The summed E-state index contributed by atoms with van der Waals surface area (Å²) in [5.74, 6) is 0.0576. The molecule has 5 aromatic heterocycles. The van der Waals surface area contributed by atoms with Crippen molar-refractivity contribution in [3.05, 3.63) is 241 Å². The van der Waals surface area contributed by atoms with E-state index in [1.807, 2.05) is 12.1 Å². The molecule has 6 heteroatoms. The summed E-state index contributed by atoms with van der Waals surface area (Å²) in [4.78, 5) is 4.69. The summed E-state index contributed by atoms with van der Waals surface area (Å²) in [6.07, 6.45) is 13.7. The maximum atomic E-state index is 6.79. The number of para-hydroxylation sites is 7. The van der Waals surface area contributed by atoms with Gasteiger partial charge in [-0.2, -0.15) is 0 Å². The zero-order valence-corrected chi connectivity index (χ0v) is 41.6. The molecule has 10 aromatic carbocycles. The van der Waals surface area contributed by atoms with Crippen LogP contribution in [-0.2, 0) is 0 Å². The molecule has 360 valence electrons. The lowest BCUT2D eigenvalue weighted by atomic mass is 9.96. The van der Waals surface area contributed by atoms with Crippen LogP contribution < -0.4 is 20.4 Å². The van der Waals surface area contributed by atoms with Gasteiger partial charge in [0.2, 0.25) is 0 Å².